The summed E-state index contributed by atoms with van der Waals surface area (Å²) in [6.45, 7) is 0.206. The highest BCUT2D eigenvalue weighted by atomic mass is 32.2. The van der Waals surface area contributed by atoms with E-state index in [-0.39, 0.29) is 23.0 Å². The average molecular weight is 450 g/mol. The van der Waals surface area contributed by atoms with Crippen LogP contribution in [0.25, 0.3) is 0 Å². The van der Waals surface area contributed by atoms with Crippen LogP contribution < -0.4 is 0 Å². The minimum absolute atomic E-state index is 0.103. The lowest BCUT2D eigenvalue weighted by Gasteiger charge is -2.07. The molecule has 9 nitrogen and oxygen atoms in total. The average Bonchev–Trinajstić information content (AvgIpc) is 2.61. The second kappa shape index (κ2) is 9.75. The Morgan fingerprint density at radius 3 is 1.29 bits per heavy atom. The van der Waals surface area contributed by atoms with Crippen LogP contribution in [0.3, 0.4) is 0 Å². The topological polar surface area (TPSA) is 144 Å². The molecule has 0 aliphatic rings. The van der Waals surface area contributed by atoms with Crippen molar-refractivity contribution in [3.63, 3.8) is 0 Å². The van der Waals surface area contributed by atoms with Gasteiger partial charge in [0.25, 0.3) is 20.2 Å². The van der Waals surface area contributed by atoms with Gasteiger partial charge in [-0.1, -0.05) is 24.3 Å². The van der Waals surface area contributed by atoms with Gasteiger partial charge in [-0.05, 0) is 48.2 Å². The second-order valence-electron chi connectivity index (χ2n) is 5.68. The minimum atomic E-state index is -4.23. The molecule has 2 N–H and O–H groups in total. The highest BCUT2D eigenvalue weighted by Crippen LogP contribution is 2.24. The van der Waals surface area contributed by atoms with E-state index < -0.39 is 28.5 Å². The molecule has 0 bridgehead atoms. The molecule has 2 aromatic carbocycles. The van der Waals surface area contributed by atoms with Gasteiger partial charge in [0.05, 0.1) is 23.0 Å². The summed E-state index contributed by atoms with van der Waals surface area (Å²) in [5.41, 5.74) is 1.47. The van der Waals surface area contributed by atoms with Gasteiger partial charge in [0.1, 0.15) is 0 Å². The van der Waals surface area contributed by atoms with Gasteiger partial charge >= 0.3 is 8.25 Å². The third-order valence-corrected chi connectivity index (χ3v) is 6.28. The molecule has 0 atom stereocenters. The van der Waals surface area contributed by atoms with Crippen molar-refractivity contribution in [3.05, 3.63) is 59.7 Å². The van der Waals surface area contributed by atoms with Crippen LogP contribution in [0.4, 0.5) is 0 Å². The van der Waals surface area contributed by atoms with Crippen LogP contribution in [0.2, 0.25) is 0 Å². The van der Waals surface area contributed by atoms with E-state index in [1.54, 1.807) is 0 Å². The molecule has 0 heterocycles. The first-order chi connectivity index (χ1) is 13.1. The molecule has 0 aliphatic heterocycles. The van der Waals surface area contributed by atoms with E-state index in [9.17, 15) is 21.4 Å². The third-order valence-electron chi connectivity index (χ3n) is 3.66. The summed E-state index contributed by atoms with van der Waals surface area (Å²) in [5, 5.41) is 0. The number of benzene rings is 2. The Morgan fingerprint density at radius 1 is 0.679 bits per heavy atom. The van der Waals surface area contributed by atoms with Gasteiger partial charge < -0.3 is 9.05 Å². The summed E-state index contributed by atoms with van der Waals surface area (Å²) < 4.78 is 83.5. The minimum Gasteiger partial charge on any atom is -0.310 e. The first-order valence-electron chi connectivity index (χ1n) is 7.98. The molecule has 2 rings (SSSR count). The molecule has 0 saturated carbocycles. The predicted octanol–water partition coefficient (Wildman–Crippen LogP) is 2.39. The second-order valence-corrected chi connectivity index (χ2v) is 9.61. The maximum absolute atomic E-state index is 11.7. The number of hydrogen-bond acceptors (Lipinski definition) is 7. The molecule has 12 heteroatoms. The normalized spacial score (nSPS) is 12.4. The zero-order valence-electron chi connectivity index (χ0n) is 14.5. The van der Waals surface area contributed by atoms with Crippen LogP contribution in [0.15, 0.2) is 58.3 Å². The van der Waals surface area contributed by atoms with Gasteiger partial charge in [-0.3, -0.25) is 13.7 Å². The molecule has 0 unspecified atom stereocenters. The molecular formula is C16H19O9PS2. The van der Waals surface area contributed by atoms with Crippen LogP contribution in [-0.4, -0.2) is 39.2 Å². The SMILES string of the molecule is O=[PH](OCCc1ccc(S(=O)(=O)O)cc1)OCCc1ccc(S(=O)(=O)O)cc1. The van der Waals surface area contributed by atoms with Crippen molar-refractivity contribution in [2.24, 2.45) is 0 Å². The number of hydrogen-bond donors (Lipinski definition) is 2. The van der Waals surface area contributed by atoms with Crippen molar-refractivity contribution in [2.45, 2.75) is 22.6 Å². The molecule has 154 valence electrons. The Morgan fingerprint density at radius 2 is 1.00 bits per heavy atom. The van der Waals surface area contributed by atoms with Crippen LogP contribution in [0, 0.1) is 0 Å². The lowest BCUT2D eigenvalue weighted by molar-refractivity contribution is 0.229. The molecule has 0 aliphatic carbocycles. The summed E-state index contributed by atoms with van der Waals surface area (Å²) >= 11 is 0. The molecule has 0 saturated heterocycles. The quantitative estimate of drug-likeness (QED) is 0.412. The van der Waals surface area contributed by atoms with Gasteiger partial charge in [0.15, 0.2) is 0 Å². The van der Waals surface area contributed by atoms with Gasteiger partial charge in [-0.2, -0.15) is 16.8 Å². The van der Waals surface area contributed by atoms with Crippen LogP contribution >= 0.6 is 8.25 Å². The van der Waals surface area contributed by atoms with Crippen molar-refractivity contribution < 1.29 is 39.6 Å². The van der Waals surface area contributed by atoms with Gasteiger partial charge in [-0.25, -0.2) is 0 Å². The van der Waals surface area contributed by atoms with Gasteiger partial charge in [0.2, 0.25) is 0 Å². The van der Waals surface area contributed by atoms with Gasteiger partial charge in [0, 0.05) is 0 Å². The molecular weight excluding hydrogens is 431 g/mol. The molecule has 0 fully saturated rings. The molecule has 0 aromatic heterocycles. The summed E-state index contributed by atoms with van der Waals surface area (Å²) in [6, 6.07) is 11.1. The largest absolute Gasteiger partial charge is 0.319 e. The van der Waals surface area contributed by atoms with Crippen LogP contribution in [-0.2, 0) is 46.7 Å². The first kappa shape index (κ1) is 22.7. The van der Waals surface area contributed by atoms with E-state index in [1.165, 1.54) is 48.5 Å². The van der Waals surface area contributed by atoms with Crippen molar-refractivity contribution in [2.75, 3.05) is 13.2 Å². The van der Waals surface area contributed by atoms with E-state index in [0.29, 0.717) is 12.8 Å². The Hall–Kier alpha value is -1.59. The number of rotatable bonds is 10. The Bertz CT molecular complexity index is 931. The molecule has 0 spiro atoms. The fraction of sp³-hybridized carbons (Fsp3) is 0.250. The summed E-state index contributed by atoms with van der Waals surface area (Å²) in [5.74, 6) is 0. The monoisotopic (exact) mass is 450 g/mol. The zero-order valence-corrected chi connectivity index (χ0v) is 17.1. The molecule has 28 heavy (non-hydrogen) atoms. The summed E-state index contributed by atoms with van der Waals surface area (Å²) in [4.78, 5) is -0.419. The molecule has 0 amide bonds. The van der Waals surface area contributed by atoms with Crippen molar-refractivity contribution >= 4 is 28.5 Å². The fourth-order valence-electron chi connectivity index (χ4n) is 2.20. The Balaban J connectivity index is 1.70. The van der Waals surface area contributed by atoms with E-state index >= 15 is 0 Å². The highest BCUT2D eigenvalue weighted by molar-refractivity contribution is 7.86. The fourth-order valence-corrected chi connectivity index (χ4v) is 3.78. The zero-order chi connectivity index (χ0) is 20.8. The van der Waals surface area contributed by atoms with Crippen LogP contribution in [0.5, 0.6) is 0 Å². The van der Waals surface area contributed by atoms with E-state index in [0.717, 1.165) is 11.1 Å². The van der Waals surface area contributed by atoms with E-state index in [4.69, 9.17) is 18.2 Å². The summed E-state index contributed by atoms with van der Waals surface area (Å²) in [6.07, 6.45) is 0.755. The standard InChI is InChI=1S/C16H19O9PS2/c17-26(24-11-9-13-1-5-15(6-2-13)27(18,19)20)25-12-10-14-3-7-16(8-4-14)28(21,22)23/h1-8,26H,9-12H2,(H,18,19,20)(H,21,22,23). The van der Waals surface area contributed by atoms with E-state index in [2.05, 4.69) is 0 Å². The van der Waals surface area contributed by atoms with E-state index in [1.807, 2.05) is 0 Å². The smallest absolute Gasteiger partial charge is 0.310 e. The van der Waals surface area contributed by atoms with Crippen molar-refractivity contribution in [3.8, 4) is 0 Å². The lowest BCUT2D eigenvalue weighted by Crippen LogP contribution is -2.00. The highest BCUT2D eigenvalue weighted by Gasteiger charge is 2.10. The van der Waals surface area contributed by atoms with Gasteiger partial charge in [-0.15, -0.1) is 0 Å². The lowest BCUT2D eigenvalue weighted by atomic mass is 10.2. The maximum Gasteiger partial charge on any atom is 0.319 e. The van der Waals surface area contributed by atoms with Crippen molar-refractivity contribution in [1.82, 2.24) is 0 Å². The molecule has 2 aromatic rings. The third kappa shape index (κ3) is 7.44. The molecule has 0 radical (unpaired) electrons. The van der Waals surface area contributed by atoms with Crippen molar-refractivity contribution in [1.29, 1.82) is 0 Å². The van der Waals surface area contributed by atoms with Crippen LogP contribution in [0.1, 0.15) is 11.1 Å². The predicted molar refractivity (Wildman–Crippen MR) is 101 cm³/mol. The Kier molecular flexibility index (Phi) is 7.90. The first-order valence-corrected chi connectivity index (χ1v) is 12.1. The summed E-state index contributed by atoms with van der Waals surface area (Å²) in [7, 11) is -11.2. The Labute approximate surface area is 163 Å². The maximum atomic E-state index is 11.7.